The number of benzene rings is 1. The lowest BCUT2D eigenvalue weighted by atomic mass is 10.2. The highest BCUT2D eigenvalue weighted by molar-refractivity contribution is 5.82. The second-order valence-electron chi connectivity index (χ2n) is 4.11. The minimum Gasteiger partial charge on any atom is -0.408 e. The van der Waals surface area contributed by atoms with Gasteiger partial charge in [0.15, 0.2) is 5.58 Å². The molecule has 1 amide bonds. The average Bonchev–Trinajstić information content (AvgIpc) is 2.62. The Morgan fingerprint density at radius 2 is 2.00 bits per heavy atom. The van der Waals surface area contributed by atoms with Crippen molar-refractivity contribution in [3.63, 3.8) is 0 Å². The van der Waals surface area contributed by atoms with Crippen LogP contribution in [-0.2, 0) is 4.79 Å². The number of para-hydroxylation sites is 2. The molecule has 1 aromatic heterocycles. The summed E-state index contributed by atoms with van der Waals surface area (Å²) in [6.07, 6.45) is 0. The Kier molecular flexibility index (Phi) is 2.75. The molecule has 5 heteroatoms. The summed E-state index contributed by atoms with van der Waals surface area (Å²) < 4.78 is 6.46. The number of oxazole rings is 1. The molecule has 0 bridgehead atoms. The van der Waals surface area contributed by atoms with Crippen molar-refractivity contribution >= 4 is 17.0 Å². The fraction of sp³-hybridized carbons (Fsp3) is 0.333. The van der Waals surface area contributed by atoms with Gasteiger partial charge in [-0.15, -0.1) is 0 Å². The van der Waals surface area contributed by atoms with E-state index < -0.39 is 11.8 Å². The van der Waals surface area contributed by atoms with E-state index in [4.69, 9.17) is 4.42 Å². The minimum absolute atomic E-state index is 0.140. The molecule has 2 rings (SSSR count). The van der Waals surface area contributed by atoms with Crippen molar-refractivity contribution in [3.05, 3.63) is 34.8 Å². The van der Waals surface area contributed by atoms with Gasteiger partial charge in [-0.05, 0) is 19.1 Å². The van der Waals surface area contributed by atoms with Crippen LogP contribution >= 0.6 is 0 Å². The second-order valence-corrected chi connectivity index (χ2v) is 4.11. The van der Waals surface area contributed by atoms with Crippen molar-refractivity contribution in [3.8, 4) is 0 Å². The minimum atomic E-state index is -0.568. The number of nitrogens with zero attached hydrogens (tertiary/aromatic N) is 2. The zero-order valence-electron chi connectivity index (χ0n) is 10.0. The first-order chi connectivity index (χ1) is 8.02. The summed E-state index contributed by atoms with van der Waals surface area (Å²) in [6, 6.07) is 6.50. The van der Waals surface area contributed by atoms with Crippen molar-refractivity contribution in [2.45, 2.75) is 13.0 Å². The molecule has 0 N–H and O–H groups in total. The molecular weight excluding hydrogens is 220 g/mol. The molecule has 0 aliphatic carbocycles. The van der Waals surface area contributed by atoms with Crippen LogP contribution in [-0.4, -0.2) is 29.5 Å². The van der Waals surface area contributed by atoms with Crippen molar-refractivity contribution in [2.75, 3.05) is 14.1 Å². The molecule has 0 saturated heterocycles. The van der Waals surface area contributed by atoms with Gasteiger partial charge in [0.25, 0.3) is 0 Å². The zero-order valence-corrected chi connectivity index (χ0v) is 10.0. The van der Waals surface area contributed by atoms with Crippen LogP contribution in [0.15, 0.2) is 33.5 Å². The lowest BCUT2D eigenvalue weighted by Crippen LogP contribution is -2.33. The van der Waals surface area contributed by atoms with E-state index >= 15 is 0 Å². The van der Waals surface area contributed by atoms with Crippen LogP contribution in [0.25, 0.3) is 11.1 Å². The van der Waals surface area contributed by atoms with Gasteiger partial charge >= 0.3 is 5.76 Å². The summed E-state index contributed by atoms with van der Waals surface area (Å²) in [7, 11) is 3.32. The highest BCUT2D eigenvalue weighted by Gasteiger charge is 2.22. The van der Waals surface area contributed by atoms with E-state index in [1.54, 1.807) is 45.3 Å². The summed E-state index contributed by atoms with van der Waals surface area (Å²) >= 11 is 0. The molecule has 0 aliphatic heterocycles. The molecule has 1 unspecified atom stereocenters. The Morgan fingerprint density at radius 1 is 1.35 bits per heavy atom. The fourth-order valence-electron chi connectivity index (χ4n) is 1.83. The van der Waals surface area contributed by atoms with Crippen LogP contribution in [0.4, 0.5) is 0 Å². The molecule has 17 heavy (non-hydrogen) atoms. The molecule has 1 aromatic carbocycles. The number of hydrogen-bond donors (Lipinski definition) is 0. The van der Waals surface area contributed by atoms with Crippen LogP contribution in [0.3, 0.4) is 0 Å². The predicted octanol–water partition coefficient (Wildman–Crippen LogP) is 1.24. The maximum absolute atomic E-state index is 11.9. The van der Waals surface area contributed by atoms with Crippen molar-refractivity contribution < 1.29 is 9.21 Å². The number of carbonyl (C=O) groups is 1. The molecular formula is C12H14N2O3. The highest BCUT2D eigenvalue weighted by Crippen LogP contribution is 2.17. The highest BCUT2D eigenvalue weighted by atomic mass is 16.4. The third-order valence-electron chi connectivity index (χ3n) is 2.70. The number of amides is 1. The van der Waals surface area contributed by atoms with Gasteiger partial charge in [-0.25, -0.2) is 4.79 Å². The van der Waals surface area contributed by atoms with E-state index in [1.807, 2.05) is 0 Å². The van der Waals surface area contributed by atoms with Gasteiger partial charge in [-0.1, -0.05) is 12.1 Å². The third kappa shape index (κ3) is 1.84. The van der Waals surface area contributed by atoms with Gasteiger partial charge in [0, 0.05) is 14.1 Å². The largest absolute Gasteiger partial charge is 0.420 e. The van der Waals surface area contributed by atoms with Gasteiger partial charge in [0.05, 0.1) is 5.52 Å². The molecule has 0 radical (unpaired) electrons. The van der Waals surface area contributed by atoms with E-state index in [2.05, 4.69) is 0 Å². The summed E-state index contributed by atoms with van der Waals surface area (Å²) in [4.78, 5) is 25.1. The van der Waals surface area contributed by atoms with Gasteiger partial charge in [-0.2, -0.15) is 0 Å². The zero-order chi connectivity index (χ0) is 12.6. The SMILES string of the molecule is CC(C(=O)N(C)C)n1c(=O)oc2ccccc21. The lowest BCUT2D eigenvalue weighted by molar-refractivity contribution is -0.131. The van der Waals surface area contributed by atoms with Gasteiger partial charge in [-0.3, -0.25) is 9.36 Å². The topological polar surface area (TPSA) is 55.5 Å². The quantitative estimate of drug-likeness (QED) is 0.785. The van der Waals surface area contributed by atoms with Crippen LogP contribution in [0, 0.1) is 0 Å². The number of rotatable bonds is 2. The third-order valence-corrected chi connectivity index (χ3v) is 2.70. The summed E-state index contributed by atoms with van der Waals surface area (Å²) in [5, 5.41) is 0. The van der Waals surface area contributed by atoms with E-state index in [9.17, 15) is 9.59 Å². The molecule has 0 spiro atoms. The van der Waals surface area contributed by atoms with Crippen molar-refractivity contribution in [1.29, 1.82) is 0 Å². The molecule has 0 fully saturated rings. The van der Waals surface area contributed by atoms with Crippen LogP contribution in [0.5, 0.6) is 0 Å². The Morgan fingerprint density at radius 3 is 2.65 bits per heavy atom. The Hall–Kier alpha value is -2.04. The molecule has 0 saturated carbocycles. The van der Waals surface area contributed by atoms with Crippen LogP contribution in [0.2, 0.25) is 0 Å². The van der Waals surface area contributed by atoms with Crippen LogP contribution < -0.4 is 5.76 Å². The van der Waals surface area contributed by atoms with E-state index in [0.29, 0.717) is 11.1 Å². The van der Waals surface area contributed by atoms with Gasteiger partial charge in [0.2, 0.25) is 5.91 Å². The maximum Gasteiger partial charge on any atom is 0.420 e. The number of carbonyl (C=O) groups excluding carboxylic acids is 1. The molecule has 0 aliphatic rings. The second kappa shape index (κ2) is 4.08. The normalized spacial score (nSPS) is 12.6. The first kappa shape index (κ1) is 11.4. The molecule has 2 aromatic rings. The summed E-state index contributed by atoms with van der Waals surface area (Å²) in [5.74, 6) is -0.646. The summed E-state index contributed by atoms with van der Waals surface area (Å²) in [6.45, 7) is 1.69. The maximum atomic E-state index is 11.9. The van der Waals surface area contributed by atoms with E-state index in [1.165, 1.54) is 9.47 Å². The first-order valence-corrected chi connectivity index (χ1v) is 5.33. The number of aromatic nitrogens is 1. The fourth-order valence-corrected chi connectivity index (χ4v) is 1.83. The van der Waals surface area contributed by atoms with E-state index in [0.717, 1.165) is 0 Å². The lowest BCUT2D eigenvalue weighted by Gasteiger charge is -2.17. The molecule has 90 valence electrons. The Labute approximate surface area is 98.2 Å². The van der Waals surface area contributed by atoms with Crippen LogP contribution in [0.1, 0.15) is 13.0 Å². The smallest absolute Gasteiger partial charge is 0.408 e. The average molecular weight is 234 g/mol. The Balaban J connectivity index is 2.59. The monoisotopic (exact) mass is 234 g/mol. The van der Waals surface area contributed by atoms with Gasteiger partial charge in [0.1, 0.15) is 6.04 Å². The predicted molar refractivity (Wildman–Crippen MR) is 63.9 cm³/mol. The van der Waals surface area contributed by atoms with Gasteiger partial charge < -0.3 is 9.32 Å². The Bertz CT molecular complexity index is 609. The number of hydrogen-bond acceptors (Lipinski definition) is 3. The number of fused-ring (bicyclic) bond motifs is 1. The molecule has 5 nitrogen and oxygen atoms in total. The van der Waals surface area contributed by atoms with E-state index in [-0.39, 0.29) is 5.91 Å². The summed E-state index contributed by atoms with van der Waals surface area (Å²) in [5.41, 5.74) is 1.14. The molecule has 1 heterocycles. The first-order valence-electron chi connectivity index (χ1n) is 5.33. The molecule has 1 atom stereocenters. The number of likely N-dealkylation sites (N-methyl/N-ethyl adjacent to an activating group) is 1. The standard InChI is InChI=1S/C12H14N2O3/c1-8(11(15)13(2)3)14-9-6-4-5-7-10(9)17-12(14)16/h4-8H,1-3H3. The van der Waals surface area contributed by atoms with Crippen molar-refractivity contribution in [2.24, 2.45) is 0 Å². The van der Waals surface area contributed by atoms with Crippen molar-refractivity contribution in [1.82, 2.24) is 9.47 Å².